The van der Waals surface area contributed by atoms with Crippen molar-refractivity contribution in [2.45, 2.75) is 19.4 Å². The lowest BCUT2D eigenvalue weighted by atomic mass is 10.3. The van der Waals surface area contributed by atoms with Crippen LogP contribution in [0.2, 0.25) is 0 Å². The molecule has 0 saturated heterocycles. The smallest absolute Gasteiger partial charge is 0.273 e. The minimum atomic E-state index is -0.482. The second-order valence-electron chi connectivity index (χ2n) is 6.84. The molecule has 0 aliphatic carbocycles. The number of halogens is 2. The molecule has 160 valence electrons. The number of nitrogens with one attached hydrogen (secondary N) is 3. The van der Waals surface area contributed by atoms with Gasteiger partial charge in [-0.15, -0.1) is 0 Å². The average Bonchev–Trinajstić information content (AvgIpc) is 3.39. The van der Waals surface area contributed by atoms with E-state index >= 15 is 0 Å². The van der Waals surface area contributed by atoms with Crippen molar-refractivity contribution in [1.29, 1.82) is 0 Å². The Kier molecular flexibility index (Phi) is 6.27. The number of aromatic amines is 1. The normalized spacial score (nSPS) is 11.2. The fourth-order valence-corrected chi connectivity index (χ4v) is 3.01. The molecule has 1 amide bonds. The van der Waals surface area contributed by atoms with Gasteiger partial charge in [-0.05, 0) is 30.3 Å². The number of nitrogens with zero attached hydrogens (tertiary/aromatic N) is 3. The monoisotopic (exact) mass is 426 g/mol. The van der Waals surface area contributed by atoms with E-state index in [0.29, 0.717) is 37.3 Å². The third kappa shape index (κ3) is 5.28. The van der Waals surface area contributed by atoms with E-state index in [0.717, 1.165) is 11.3 Å². The van der Waals surface area contributed by atoms with Crippen LogP contribution in [0, 0.1) is 11.6 Å². The van der Waals surface area contributed by atoms with Gasteiger partial charge in [0.15, 0.2) is 11.6 Å². The van der Waals surface area contributed by atoms with Crippen LogP contribution in [0.3, 0.4) is 0 Å². The molecule has 0 spiro atoms. The van der Waals surface area contributed by atoms with E-state index in [-0.39, 0.29) is 23.7 Å². The molecule has 10 heteroatoms. The second-order valence-corrected chi connectivity index (χ2v) is 6.84. The lowest BCUT2D eigenvalue weighted by Gasteiger charge is -2.03. The summed E-state index contributed by atoms with van der Waals surface area (Å²) in [6.07, 6.45) is 3.87. The van der Waals surface area contributed by atoms with Crippen LogP contribution in [0.15, 0.2) is 47.2 Å². The number of hydrogen-bond acceptors (Lipinski definition) is 6. The minimum absolute atomic E-state index is 0.0380. The van der Waals surface area contributed by atoms with Gasteiger partial charge in [-0.2, -0.15) is 0 Å². The van der Waals surface area contributed by atoms with Gasteiger partial charge in [0.2, 0.25) is 0 Å². The van der Waals surface area contributed by atoms with Gasteiger partial charge in [-0.3, -0.25) is 9.78 Å². The Balaban J connectivity index is 1.19. The van der Waals surface area contributed by atoms with Crippen LogP contribution in [-0.4, -0.2) is 38.9 Å². The first-order valence-corrected chi connectivity index (χ1v) is 9.75. The van der Waals surface area contributed by atoms with E-state index in [1.165, 1.54) is 36.7 Å². The molecule has 3 aromatic heterocycles. The van der Waals surface area contributed by atoms with E-state index in [2.05, 4.69) is 30.6 Å². The summed E-state index contributed by atoms with van der Waals surface area (Å²) in [5.41, 5.74) is 1.68. The molecule has 3 heterocycles. The quantitative estimate of drug-likeness (QED) is 0.355. The number of benzene rings is 1. The average molecular weight is 426 g/mol. The Morgan fingerprint density at radius 2 is 2.00 bits per heavy atom. The van der Waals surface area contributed by atoms with Crippen LogP contribution >= 0.6 is 0 Å². The van der Waals surface area contributed by atoms with Gasteiger partial charge in [0.25, 0.3) is 5.91 Å². The fourth-order valence-electron chi connectivity index (χ4n) is 3.01. The number of amides is 1. The molecular formula is C21H20F2N6O2. The zero-order valence-electron chi connectivity index (χ0n) is 16.5. The van der Waals surface area contributed by atoms with Crippen LogP contribution in [0.25, 0.3) is 11.0 Å². The highest BCUT2D eigenvalue weighted by Gasteiger charge is 2.13. The van der Waals surface area contributed by atoms with E-state index in [1.807, 2.05) is 0 Å². The minimum Gasteiger partial charge on any atom is -0.448 e. The summed E-state index contributed by atoms with van der Waals surface area (Å²) in [5.74, 6) is -0.0593. The Morgan fingerprint density at radius 1 is 1.13 bits per heavy atom. The van der Waals surface area contributed by atoms with Crippen LogP contribution < -0.4 is 10.6 Å². The predicted molar refractivity (Wildman–Crippen MR) is 108 cm³/mol. The molecule has 3 N–H and O–H groups in total. The fraction of sp³-hybridized carbons (Fsp3) is 0.238. The van der Waals surface area contributed by atoms with Crippen molar-refractivity contribution in [3.05, 3.63) is 77.5 Å². The standard InChI is InChI=1S/C21H20F2N6O2/c22-13-3-4-15-16(10-13)28-19(27-15)5-8-24-9-6-20-29-18(12-31-20)21(30)26-11-17-14(23)2-1-7-25-17/h1-4,7,10,12,24H,5-6,8-9,11H2,(H,26,30)(H,27,28). The molecule has 0 saturated carbocycles. The Bertz CT molecular complexity index is 1190. The number of carbonyl (C=O) groups is 1. The highest BCUT2D eigenvalue weighted by molar-refractivity contribution is 5.91. The second kappa shape index (κ2) is 9.43. The van der Waals surface area contributed by atoms with E-state index in [1.54, 1.807) is 6.07 Å². The third-order valence-corrected chi connectivity index (χ3v) is 4.58. The number of oxazole rings is 1. The topological polar surface area (TPSA) is 109 Å². The van der Waals surface area contributed by atoms with Gasteiger partial charge in [0.1, 0.15) is 23.7 Å². The van der Waals surface area contributed by atoms with Crippen molar-refractivity contribution < 1.29 is 18.0 Å². The first kappa shape index (κ1) is 20.6. The summed E-state index contributed by atoms with van der Waals surface area (Å²) < 4.78 is 32.1. The molecule has 8 nitrogen and oxygen atoms in total. The molecule has 1 aromatic carbocycles. The van der Waals surface area contributed by atoms with E-state index < -0.39 is 11.7 Å². The van der Waals surface area contributed by atoms with Crippen molar-refractivity contribution in [3.63, 3.8) is 0 Å². The summed E-state index contributed by atoms with van der Waals surface area (Å²) in [6.45, 7) is 1.21. The molecule has 4 rings (SSSR count). The van der Waals surface area contributed by atoms with Gasteiger partial charge in [-0.25, -0.2) is 18.7 Å². The first-order chi connectivity index (χ1) is 15.1. The highest BCUT2D eigenvalue weighted by atomic mass is 19.1. The first-order valence-electron chi connectivity index (χ1n) is 9.75. The number of H-pyrrole nitrogens is 1. The van der Waals surface area contributed by atoms with Crippen molar-refractivity contribution in [3.8, 4) is 0 Å². The molecular weight excluding hydrogens is 406 g/mol. The number of aromatic nitrogens is 4. The zero-order valence-corrected chi connectivity index (χ0v) is 16.5. The Hall–Kier alpha value is -3.66. The molecule has 0 unspecified atom stereocenters. The molecule has 0 atom stereocenters. The number of pyridine rings is 1. The van der Waals surface area contributed by atoms with Gasteiger partial charge >= 0.3 is 0 Å². The number of hydrogen-bond donors (Lipinski definition) is 3. The molecule has 4 aromatic rings. The summed E-state index contributed by atoms with van der Waals surface area (Å²) >= 11 is 0. The maximum Gasteiger partial charge on any atom is 0.273 e. The van der Waals surface area contributed by atoms with Crippen LogP contribution in [-0.2, 0) is 19.4 Å². The molecule has 0 radical (unpaired) electrons. The highest BCUT2D eigenvalue weighted by Crippen LogP contribution is 2.13. The van der Waals surface area contributed by atoms with E-state index in [4.69, 9.17) is 4.42 Å². The Morgan fingerprint density at radius 3 is 2.87 bits per heavy atom. The zero-order chi connectivity index (χ0) is 21.6. The maximum atomic E-state index is 13.6. The third-order valence-electron chi connectivity index (χ3n) is 4.58. The van der Waals surface area contributed by atoms with Crippen molar-refractivity contribution in [2.75, 3.05) is 13.1 Å². The number of carbonyl (C=O) groups excluding carboxylic acids is 1. The number of imidazole rings is 1. The van der Waals surface area contributed by atoms with Crippen LogP contribution in [0.1, 0.15) is 27.9 Å². The molecule has 0 fully saturated rings. The molecule has 0 aliphatic rings. The lowest BCUT2D eigenvalue weighted by Crippen LogP contribution is -2.24. The summed E-state index contributed by atoms with van der Waals surface area (Å²) in [7, 11) is 0. The predicted octanol–water partition coefficient (Wildman–Crippen LogP) is 2.53. The number of fused-ring (bicyclic) bond motifs is 1. The summed E-state index contributed by atoms with van der Waals surface area (Å²) in [6, 6.07) is 7.21. The molecule has 0 bridgehead atoms. The van der Waals surface area contributed by atoms with E-state index in [9.17, 15) is 13.6 Å². The van der Waals surface area contributed by atoms with Gasteiger partial charge in [0, 0.05) is 32.1 Å². The SMILES string of the molecule is O=C(NCc1ncccc1F)c1coc(CCNCCc2nc3ccc(F)cc3[nH]2)n1. The number of rotatable bonds is 9. The van der Waals surface area contributed by atoms with Gasteiger partial charge < -0.3 is 20.0 Å². The molecule has 31 heavy (non-hydrogen) atoms. The van der Waals surface area contributed by atoms with Gasteiger partial charge in [0.05, 0.1) is 23.3 Å². The van der Waals surface area contributed by atoms with Crippen LogP contribution in [0.5, 0.6) is 0 Å². The largest absolute Gasteiger partial charge is 0.448 e. The lowest BCUT2D eigenvalue weighted by molar-refractivity contribution is 0.0945. The van der Waals surface area contributed by atoms with Crippen molar-refractivity contribution in [1.82, 2.24) is 30.6 Å². The maximum absolute atomic E-state index is 13.6. The summed E-state index contributed by atoms with van der Waals surface area (Å²) in [4.78, 5) is 27.7. The molecule has 0 aliphatic heterocycles. The Labute approximate surface area is 176 Å². The van der Waals surface area contributed by atoms with Crippen molar-refractivity contribution in [2.24, 2.45) is 0 Å². The summed E-state index contributed by atoms with van der Waals surface area (Å²) in [5, 5.41) is 5.81. The van der Waals surface area contributed by atoms with Crippen molar-refractivity contribution >= 4 is 16.9 Å². The van der Waals surface area contributed by atoms with Gasteiger partial charge in [-0.1, -0.05) is 0 Å². The van der Waals surface area contributed by atoms with Crippen LogP contribution in [0.4, 0.5) is 8.78 Å².